The smallest absolute Gasteiger partial charge is 0.311 e. The summed E-state index contributed by atoms with van der Waals surface area (Å²) in [6.45, 7) is 14.6. The predicted octanol–water partition coefficient (Wildman–Crippen LogP) is 15.9. The summed E-state index contributed by atoms with van der Waals surface area (Å²) in [5.41, 5.74) is 11.1. The number of anilines is 9. The molecule has 0 saturated carbocycles. The summed E-state index contributed by atoms with van der Waals surface area (Å²) in [6.07, 6.45) is 6.30. The first-order valence-corrected chi connectivity index (χ1v) is 40.0. The molecule has 8 heterocycles. The average molecular weight is 1720 g/mol. The van der Waals surface area contributed by atoms with Crippen molar-refractivity contribution in [2.75, 3.05) is 157 Å². The Hall–Kier alpha value is -9.80. The molecule has 6 aromatic carbocycles. The molecule has 0 bridgehead atoms. The summed E-state index contributed by atoms with van der Waals surface area (Å²) >= 11 is 28.5. The normalized spacial score (nSPS) is 14.0. The van der Waals surface area contributed by atoms with Crippen molar-refractivity contribution in [2.24, 2.45) is 0 Å². The minimum Gasteiger partial charge on any atom is -0.400 e. The zero-order valence-corrected chi connectivity index (χ0v) is 66.7. The summed E-state index contributed by atoms with van der Waals surface area (Å²) in [5.74, 6) is 0.463. The summed E-state index contributed by atoms with van der Waals surface area (Å²) in [7, 11) is -1.21. The number of aliphatic hydroxyl groups excluding tert-OH is 1. The molecule has 113 heavy (non-hydrogen) atoms. The van der Waals surface area contributed by atoms with Crippen LogP contribution in [0.2, 0.25) is 25.2 Å². The minimum atomic E-state index is -3.74. The van der Waals surface area contributed by atoms with E-state index in [0.717, 1.165) is 63.3 Å². The van der Waals surface area contributed by atoms with Gasteiger partial charge >= 0.3 is 11.4 Å². The van der Waals surface area contributed by atoms with Gasteiger partial charge in [-0.15, -0.1) is 0 Å². The van der Waals surface area contributed by atoms with Crippen molar-refractivity contribution >= 4 is 151 Å². The average Bonchev–Trinajstić information content (AvgIpc) is 0.597. The quantitative estimate of drug-likeness (QED) is 0.0274. The van der Waals surface area contributed by atoms with E-state index in [-0.39, 0.29) is 57.0 Å². The van der Waals surface area contributed by atoms with Gasteiger partial charge in [0, 0.05) is 180 Å². The van der Waals surface area contributed by atoms with Crippen LogP contribution in [-0.2, 0) is 19.1 Å². The van der Waals surface area contributed by atoms with Crippen LogP contribution in [-0.4, -0.2) is 164 Å². The molecule has 0 atom stereocenters. The molecule has 4 aliphatic rings. The van der Waals surface area contributed by atoms with E-state index in [2.05, 4.69) is 34.9 Å². The molecule has 4 fully saturated rings. The molecule has 0 amide bonds. The number of nitrogens with one attached hydrogen (secondary N) is 2. The van der Waals surface area contributed by atoms with Gasteiger partial charge < -0.3 is 50.5 Å². The molecular weight excluding hydrogens is 1630 g/mol. The number of benzene rings is 6. The maximum absolute atomic E-state index is 14.3. The number of halogens is 10. The Bertz CT molecular complexity index is 5030. The van der Waals surface area contributed by atoms with E-state index < -0.39 is 28.9 Å². The van der Waals surface area contributed by atoms with E-state index in [9.17, 15) is 54.6 Å². The van der Waals surface area contributed by atoms with E-state index in [1.165, 1.54) is 67.0 Å². The minimum absolute atomic E-state index is 0. The van der Waals surface area contributed by atoms with E-state index in [1.807, 2.05) is 55.4 Å². The van der Waals surface area contributed by atoms with E-state index >= 15 is 0 Å². The Labute approximate surface area is 682 Å². The lowest BCUT2D eigenvalue weighted by molar-refractivity contribution is -0.385. The standard InChI is InChI=1S/C22H22ClFN4O2S.C15H14ClFN4O2.C15H16ClFN4.C10H12ClFN2.C7H7ClO2S.C5H3ClN2O2.CH4O.CH4/c1-16-4-7-18(8-5-16)31(29,30)26-20-3-2-10-25-22(20)28-13-11-27(12-14-28)21-9-6-17(23)15-19(21)24;16-11-3-4-13(12(17)10-11)19-6-8-20(9-7-19)15-14(21(22)23)2-1-5-18-15;16-11-3-4-14(12(17)10-11)20-6-8-21(9-7-20)15-13(18)2-1-5-19-15;11-8-1-2-10(9(12)7-8)14-5-3-13-4-6-14;1-6-2-4-7(5-3-6)11(8,9)10;6-5-4(8(9)10)2-1-3-7-5;1-2;/h2-10,15,26H,11-14H2,1H3;1-5,10H,6-9H2;1-5,10H,6-9,18H2;1-2,7,13H,3-6H2;2-5H,1H3;1-3H;2H,1H3;1H4. The molecule has 0 unspecified atom stereocenters. The number of aryl methyl sites for hydroxylation is 2. The van der Waals surface area contributed by atoms with Crippen LogP contribution in [0.15, 0.2) is 204 Å². The fourth-order valence-electron chi connectivity index (χ4n) is 11.6. The molecule has 0 radical (unpaired) electrons. The van der Waals surface area contributed by atoms with Crippen molar-refractivity contribution in [3.8, 4) is 0 Å². The van der Waals surface area contributed by atoms with E-state index in [0.29, 0.717) is 131 Å². The lowest BCUT2D eigenvalue weighted by Gasteiger charge is -2.37. The largest absolute Gasteiger partial charge is 0.400 e. The van der Waals surface area contributed by atoms with Crippen molar-refractivity contribution in [3.05, 3.63) is 275 Å². The molecule has 4 saturated heterocycles. The predicted molar refractivity (Wildman–Crippen MR) is 445 cm³/mol. The van der Waals surface area contributed by atoms with Gasteiger partial charge in [-0.2, -0.15) is 0 Å². The lowest BCUT2D eigenvalue weighted by Crippen LogP contribution is -2.47. The highest BCUT2D eigenvalue weighted by atomic mass is 35.7. The summed E-state index contributed by atoms with van der Waals surface area (Å²) in [6, 6.07) is 44.7. The third-order valence-electron chi connectivity index (χ3n) is 17.2. The number of hydrogen-bond acceptors (Lipinski definition) is 22. The second-order valence-corrected chi connectivity index (χ2v) is 31.0. The highest BCUT2D eigenvalue weighted by Crippen LogP contribution is 2.33. The van der Waals surface area contributed by atoms with E-state index in [1.54, 1.807) is 116 Å². The fraction of sp³-hybridized carbons (Fsp3) is 0.263. The molecule has 14 rings (SSSR count). The number of aromatic nitrogens is 4. The fourth-order valence-corrected chi connectivity index (χ4v) is 14.3. The third kappa shape index (κ3) is 26.4. The van der Waals surface area contributed by atoms with Crippen molar-refractivity contribution in [1.29, 1.82) is 0 Å². The van der Waals surface area contributed by atoms with Gasteiger partial charge in [0.1, 0.15) is 23.3 Å². The van der Waals surface area contributed by atoms with Crippen molar-refractivity contribution in [3.63, 3.8) is 0 Å². The SMILES string of the molecule is C.CO.Cc1ccc(S(=O)(=O)Cl)cc1.Cc1ccc(S(=O)(=O)Nc2cccnc2N2CCN(c3ccc(Cl)cc3F)CC2)cc1.Fc1cc(Cl)ccc1N1CCNCC1.Nc1cccnc1N1CCN(c2ccc(Cl)cc2F)CC1.O=[N+]([O-])c1cccnc1Cl.O=[N+]([O-])c1cccnc1N1CCN(c2ccc(Cl)cc2F)CC1. The third-order valence-corrected chi connectivity index (χ3v) is 21.2. The van der Waals surface area contributed by atoms with Gasteiger partial charge in [0.05, 0.1) is 53.8 Å². The van der Waals surface area contributed by atoms with Gasteiger partial charge in [-0.3, -0.25) is 25.0 Å². The molecule has 25 nitrogen and oxygen atoms in total. The Morgan fingerprint density at radius 2 is 0.752 bits per heavy atom. The number of nitrogens with two attached hydrogens (primary N) is 1. The van der Waals surface area contributed by atoms with Gasteiger partial charge in [-0.1, -0.05) is 101 Å². The van der Waals surface area contributed by atoms with Crippen LogP contribution in [0.5, 0.6) is 0 Å². The van der Waals surface area contributed by atoms with Crippen molar-refractivity contribution < 1.29 is 49.4 Å². The first-order valence-electron chi connectivity index (χ1n) is 34.3. The van der Waals surface area contributed by atoms with Crippen LogP contribution in [0.1, 0.15) is 18.6 Å². The molecule has 0 spiro atoms. The lowest BCUT2D eigenvalue weighted by atomic mass is 10.2. The second kappa shape index (κ2) is 43.5. The number of nitrogen functional groups attached to an aromatic ring is 1. The van der Waals surface area contributed by atoms with Gasteiger partial charge in [-0.25, -0.2) is 54.3 Å². The molecule has 37 heteroatoms. The molecule has 5 N–H and O–H groups in total. The van der Waals surface area contributed by atoms with Crippen LogP contribution < -0.4 is 50.1 Å². The number of pyridine rings is 4. The van der Waals surface area contributed by atoms with Crippen LogP contribution in [0, 0.1) is 57.3 Å². The highest BCUT2D eigenvalue weighted by molar-refractivity contribution is 8.13. The number of piperazine rings is 4. The second-order valence-electron chi connectivity index (χ2n) is 24.7. The summed E-state index contributed by atoms with van der Waals surface area (Å²) < 4.78 is 105. The zero-order valence-electron chi connectivity index (χ0n) is 60.5. The van der Waals surface area contributed by atoms with Crippen LogP contribution in [0.3, 0.4) is 0 Å². The molecule has 4 aliphatic heterocycles. The monoisotopic (exact) mass is 1710 g/mol. The van der Waals surface area contributed by atoms with Crippen LogP contribution >= 0.6 is 68.7 Å². The van der Waals surface area contributed by atoms with E-state index in [4.69, 9.17) is 79.5 Å². The first-order chi connectivity index (χ1) is 53.5. The number of sulfonamides is 1. The van der Waals surface area contributed by atoms with Gasteiger partial charge in [-0.05, 0) is 147 Å². The molecule has 602 valence electrons. The highest BCUT2D eigenvalue weighted by Gasteiger charge is 2.29. The molecule has 0 aliphatic carbocycles. The number of hydrogen-bond donors (Lipinski definition) is 4. The Kier molecular flexibility index (Phi) is 34.8. The zero-order chi connectivity index (χ0) is 81.2. The first kappa shape index (κ1) is 90.4. The maximum Gasteiger partial charge on any atom is 0.311 e. The van der Waals surface area contributed by atoms with Crippen LogP contribution in [0.25, 0.3) is 0 Å². The molecule has 4 aromatic heterocycles. The van der Waals surface area contributed by atoms with Crippen molar-refractivity contribution in [2.45, 2.75) is 31.1 Å². The maximum atomic E-state index is 14.3. The Morgan fingerprint density at radius 1 is 0.434 bits per heavy atom. The van der Waals surface area contributed by atoms with Gasteiger partial charge in [0.25, 0.3) is 19.1 Å². The molecular formula is C76H82Cl6F4N16O9S2. The van der Waals surface area contributed by atoms with Crippen LogP contribution in [0.4, 0.5) is 80.5 Å². The van der Waals surface area contributed by atoms with Crippen molar-refractivity contribution in [1.82, 2.24) is 25.3 Å². The number of rotatable bonds is 13. The van der Waals surface area contributed by atoms with Gasteiger partial charge in [0.2, 0.25) is 11.0 Å². The van der Waals surface area contributed by atoms with Gasteiger partial charge in [0.15, 0.2) is 11.6 Å². The number of aliphatic hydroxyl groups is 1. The summed E-state index contributed by atoms with van der Waals surface area (Å²) in [4.78, 5) is 50.8. The molecule has 10 aromatic rings. The number of nitrogens with zero attached hydrogens (tertiary/aromatic N) is 13. The topological polar surface area (TPSA) is 299 Å². The Morgan fingerprint density at radius 3 is 1.12 bits per heavy atom. The Balaban J connectivity index is 0.000000195. The number of nitro groups is 2. The summed E-state index contributed by atoms with van der Waals surface area (Å²) in [5, 5.41) is 32.9.